The van der Waals surface area contributed by atoms with Gasteiger partial charge in [0, 0.05) is 34.5 Å². The van der Waals surface area contributed by atoms with E-state index in [0.29, 0.717) is 10.5 Å². The summed E-state index contributed by atoms with van der Waals surface area (Å²) in [6.07, 6.45) is 6.02. The van der Waals surface area contributed by atoms with Gasteiger partial charge in [0.05, 0.1) is 0 Å². The molecule has 0 amide bonds. The molecule has 1 rings (SSSR count). The van der Waals surface area contributed by atoms with Gasteiger partial charge in [0.25, 0.3) is 0 Å². The Bertz CT molecular complexity index is 191. The van der Waals surface area contributed by atoms with Crippen LogP contribution in [0.2, 0.25) is 0 Å². The summed E-state index contributed by atoms with van der Waals surface area (Å²) in [5.41, 5.74) is 2.83. The molecule has 0 aromatic heterocycles. The van der Waals surface area contributed by atoms with Crippen LogP contribution in [-0.4, -0.2) is 28.0 Å². The molecule has 0 aliphatic carbocycles. The van der Waals surface area contributed by atoms with Crippen LogP contribution in [0.3, 0.4) is 0 Å². The second-order valence-corrected chi connectivity index (χ2v) is 5.86. The first-order valence-electron chi connectivity index (χ1n) is 4.42. The first kappa shape index (κ1) is 11.3. The predicted octanol–water partition coefficient (Wildman–Crippen LogP) is 1.08. The van der Waals surface area contributed by atoms with Crippen molar-refractivity contribution in [2.24, 2.45) is 5.84 Å². The molecule has 3 atom stereocenters. The van der Waals surface area contributed by atoms with Gasteiger partial charge in [-0.2, -0.15) is 23.5 Å². The number of hydrogen-bond donors (Lipinski definition) is 2. The van der Waals surface area contributed by atoms with Crippen LogP contribution in [0, 0.1) is 12.3 Å². The lowest BCUT2D eigenvalue weighted by Crippen LogP contribution is -2.47. The second kappa shape index (κ2) is 5.82. The second-order valence-electron chi connectivity index (χ2n) is 3.09. The van der Waals surface area contributed by atoms with Gasteiger partial charge in [-0.15, -0.1) is 12.3 Å². The van der Waals surface area contributed by atoms with E-state index in [2.05, 4.69) is 18.3 Å². The van der Waals surface area contributed by atoms with Gasteiger partial charge < -0.3 is 0 Å². The number of nitrogens with one attached hydrogen (secondary N) is 1. The Morgan fingerprint density at radius 3 is 2.85 bits per heavy atom. The fourth-order valence-electron chi connectivity index (χ4n) is 1.49. The number of nitrogens with two attached hydrogens (primary N) is 1. The van der Waals surface area contributed by atoms with Crippen molar-refractivity contribution in [1.82, 2.24) is 5.43 Å². The van der Waals surface area contributed by atoms with E-state index >= 15 is 0 Å². The quantitative estimate of drug-likeness (QED) is 0.421. The van der Waals surface area contributed by atoms with Crippen molar-refractivity contribution in [3.05, 3.63) is 0 Å². The van der Waals surface area contributed by atoms with E-state index in [9.17, 15) is 0 Å². The topological polar surface area (TPSA) is 38.0 Å². The molecule has 3 unspecified atom stereocenters. The average Bonchev–Trinajstić information content (AvgIpc) is 2.16. The van der Waals surface area contributed by atoms with E-state index in [1.54, 1.807) is 0 Å². The van der Waals surface area contributed by atoms with Gasteiger partial charge in [-0.05, 0) is 0 Å². The monoisotopic (exact) mass is 216 g/mol. The predicted molar refractivity (Wildman–Crippen MR) is 62.7 cm³/mol. The number of thioether (sulfide) groups is 2. The van der Waals surface area contributed by atoms with E-state index in [1.165, 1.54) is 11.5 Å². The van der Waals surface area contributed by atoms with Gasteiger partial charge in [0.2, 0.25) is 0 Å². The van der Waals surface area contributed by atoms with Crippen LogP contribution in [0.5, 0.6) is 0 Å². The van der Waals surface area contributed by atoms with Crippen molar-refractivity contribution < 1.29 is 0 Å². The molecule has 0 aromatic rings. The van der Waals surface area contributed by atoms with E-state index in [4.69, 9.17) is 12.3 Å². The number of rotatable bonds is 3. The normalized spacial score (nSPS) is 30.8. The molecule has 74 valence electrons. The minimum Gasteiger partial charge on any atom is -0.271 e. The Kier molecular flexibility index (Phi) is 5.04. The van der Waals surface area contributed by atoms with Crippen LogP contribution in [0.15, 0.2) is 0 Å². The van der Waals surface area contributed by atoms with Gasteiger partial charge in [0.15, 0.2) is 0 Å². The highest BCUT2D eigenvalue weighted by Gasteiger charge is 2.28. The Labute approximate surface area is 88.8 Å². The zero-order valence-corrected chi connectivity index (χ0v) is 9.46. The number of hydrazine groups is 1. The highest BCUT2D eigenvalue weighted by Crippen LogP contribution is 2.33. The SMILES string of the molecule is C#CCC(NN)C1SCCSC1C. The summed E-state index contributed by atoms with van der Waals surface area (Å²) >= 11 is 4.00. The Balaban J connectivity index is 2.50. The maximum atomic E-state index is 5.48. The molecule has 2 nitrogen and oxygen atoms in total. The van der Waals surface area contributed by atoms with Gasteiger partial charge in [-0.25, -0.2) is 0 Å². The lowest BCUT2D eigenvalue weighted by atomic mass is 10.1. The van der Waals surface area contributed by atoms with Crippen molar-refractivity contribution in [1.29, 1.82) is 0 Å². The third kappa shape index (κ3) is 3.10. The summed E-state index contributed by atoms with van der Waals surface area (Å²) in [6.45, 7) is 2.25. The highest BCUT2D eigenvalue weighted by atomic mass is 32.2. The van der Waals surface area contributed by atoms with Crippen LogP contribution < -0.4 is 11.3 Å². The van der Waals surface area contributed by atoms with E-state index in [1.807, 2.05) is 23.5 Å². The molecule has 4 heteroatoms. The zero-order chi connectivity index (χ0) is 9.68. The largest absolute Gasteiger partial charge is 0.271 e. The van der Waals surface area contributed by atoms with Crippen molar-refractivity contribution in [2.45, 2.75) is 29.9 Å². The maximum absolute atomic E-state index is 5.48. The molecule has 3 N–H and O–H groups in total. The van der Waals surface area contributed by atoms with Gasteiger partial charge in [-0.1, -0.05) is 6.92 Å². The van der Waals surface area contributed by atoms with Crippen LogP contribution >= 0.6 is 23.5 Å². The van der Waals surface area contributed by atoms with Crippen molar-refractivity contribution in [3.8, 4) is 12.3 Å². The minimum absolute atomic E-state index is 0.262. The van der Waals surface area contributed by atoms with E-state index in [-0.39, 0.29) is 6.04 Å². The van der Waals surface area contributed by atoms with E-state index in [0.717, 1.165) is 6.42 Å². The average molecular weight is 216 g/mol. The van der Waals surface area contributed by atoms with Gasteiger partial charge in [0.1, 0.15) is 0 Å². The summed E-state index contributed by atoms with van der Waals surface area (Å²) in [6, 6.07) is 0.262. The van der Waals surface area contributed by atoms with Gasteiger partial charge in [-0.3, -0.25) is 11.3 Å². The van der Waals surface area contributed by atoms with Gasteiger partial charge >= 0.3 is 0 Å². The van der Waals surface area contributed by atoms with Crippen molar-refractivity contribution in [2.75, 3.05) is 11.5 Å². The molecule has 1 fully saturated rings. The molecule has 0 radical (unpaired) electrons. The summed E-state index contributed by atoms with van der Waals surface area (Å²) in [7, 11) is 0. The zero-order valence-electron chi connectivity index (χ0n) is 7.82. The van der Waals surface area contributed by atoms with Crippen LogP contribution in [0.4, 0.5) is 0 Å². The molecule has 0 aromatic carbocycles. The fraction of sp³-hybridized carbons (Fsp3) is 0.778. The fourth-order valence-corrected chi connectivity index (χ4v) is 4.43. The Morgan fingerprint density at radius 2 is 2.31 bits per heavy atom. The molecular weight excluding hydrogens is 200 g/mol. The standard InChI is InChI=1S/C9H16N2S2/c1-3-4-8(11-10)9-7(2)12-5-6-13-9/h1,7-9,11H,4-6,10H2,2H3. The molecular formula is C9H16N2S2. The first-order valence-corrected chi connectivity index (χ1v) is 6.52. The molecule has 0 saturated carbocycles. The maximum Gasteiger partial charge on any atom is 0.0449 e. The minimum atomic E-state index is 0.262. The molecule has 1 aliphatic rings. The molecule has 0 spiro atoms. The number of hydrogen-bond acceptors (Lipinski definition) is 4. The summed E-state index contributed by atoms with van der Waals surface area (Å²) in [5, 5.41) is 1.20. The summed E-state index contributed by atoms with van der Waals surface area (Å²) < 4.78 is 0. The smallest absolute Gasteiger partial charge is 0.0449 e. The third-order valence-corrected chi connectivity index (χ3v) is 5.44. The summed E-state index contributed by atoms with van der Waals surface area (Å²) in [5.74, 6) is 10.6. The molecule has 1 aliphatic heterocycles. The highest BCUT2D eigenvalue weighted by molar-refractivity contribution is 8.07. The molecule has 1 heterocycles. The van der Waals surface area contributed by atoms with Crippen molar-refractivity contribution in [3.63, 3.8) is 0 Å². The molecule has 13 heavy (non-hydrogen) atoms. The summed E-state index contributed by atoms with van der Waals surface area (Å²) in [4.78, 5) is 0. The molecule has 0 bridgehead atoms. The first-order chi connectivity index (χ1) is 6.29. The third-order valence-electron chi connectivity index (χ3n) is 2.19. The van der Waals surface area contributed by atoms with E-state index < -0.39 is 0 Å². The number of terminal acetylenes is 1. The van der Waals surface area contributed by atoms with Crippen molar-refractivity contribution >= 4 is 23.5 Å². The lowest BCUT2D eigenvalue weighted by molar-refractivity contribution is 0.514. The lowest BCUT2D eigenvalue weighted by Gasteiger charge is -2.33. The van der Waals surface area contributed by atoms with Crippen LogP contribution in [0.1, 0.15) is 13.3 Å². The Morgan fingerprint density at radius 1 is 1.62 bits per heavy atom. The van der Waals surface area contributed by atoms with Crippen LogP contribution in [0.25, 0.3) is 0 Å². The van der Waals surface area contributed by atoms with Crippen LogP contribution in [-0.2, 0) is 0 Å². The molecule has 1 saturated heterocycles. The Hall–Kier alpha value is 0.180.